The highest BCUT2D eigenvalue weighted by molar-refractivity contribution is 5.56. The van der Waals surface area contributed by atoms with E-state index in [-0.39, 0.29) is 0 Å². The molecule has 7 heteroatoms. The van der Waals surface area contributed by atoms with E-state index < -0.39 is 0 Å². The fourth-order valence-electron chi connectivity index (χ4n) is 3.80. The van der Waals surface area contributed by atoms with Gasteiger partial charge in [0.1, 0.15) is 11.9 Å². The Kier molecular flexibility index (Phi) is 5.05. The Hall–Kier alpha value is -2.88. The monoisotopic (exact) mass is 363 g/mol. The molecule has 2 aromatic heterocycles. The molecular formula is C20H25N7. The van der Waals surface area contributed by atoms with Crippen molar-refractivity contribution in [3.8, 4) is 6.07 Å². The van der Waals surface area contributed by atoms with E-state index in [1.165, 1.54) is 19.3 Å². The van der Waals surface area contributed by atoms with Crippen molar-refractivity contribution in [1.82, 2.24) is 15.2 Å². The predicted octanol–water partition coefficient (Wildman–Crippen LogP) is 2.37. The Labute approximate surface area is 160 Å². The molecule has 4 heterocycles. The van der Waals surface area contributed by atoms with Crippen LogP contribution in [0.1, 0.15) is 30.5 Å². The molecule has 2 fully saturated rings. The van der Waals surface area contributed by atoms with E-state index >= 15 is 0 Å². The van der Waals surface area contributed by atoms with Gasteiger partial charge in [0.05, 0.1) is 5.56 Å². The Morgan fingerprint density at radius 2 is 1.37 bits per heavy atom. The number of piperazine rings is 1. The zero-order valence-corrected chi connectivity index (χ0v) is 15.8. The Balaban J connectivity index is 1.41. The van der Waals surface area contributed by atoms with Crippen molar-refractivity contribution >= 4 is 17.5 Å². The lowest BCUT2D eigenvalue weighted by atomic mass is 10.1. The molecule has 0 aromatic carbocycles. The third-order valence-electron chi connectivity index (χ3n) is 5.35. The second kappa shape index (κ2) is 7.78. The van der Waals surface area contributed by atoms with E-state index in [9.17, 15) is 5.26 Å². The summed E-state index contributed by atoms with van der Waals surface area (Å²) in [6.07, 6.45) is 3.79. The van der Waals surface area contributed by atoms with Crippen LogP contribution in [0.25, 0.3) is 0 Å². The van der Waals surface area contributed by atoms with Gasteiger partial charge in [0, 0.05) is 45.0 Å². The number of piperidine rings is 1. The first-order valence-corrected chi connectivity index (χ1v) is 9.71. The first kappa shape index (κ1) is 17.5. The molecule has 0 amide bonds. The molecule has 0 spiro atoms. The Morgan fingerprint density at radius 3 is 1.96 bits per heavy atom. The highest BCUT2D eigenvalue weighted by Crippen LogP contribution is 2.23. The minimum atomic E-state index is 0.639. The van der Waals surface area contributed by atoms with Crippen molar-refractivity contribution in [1.29, 1.82) is 5.26 Å². The fourth-order valence-corrected chi connectivity index (χ4v) is 3.80. The SMILES string of the molecule is Cc1ccc(C#N)c(N2CCN(c3ccc(N4CCCCC4)nn3)CC2)n1. The molecule has 27 heavy (non-hydrogen) atoms. The topological polar surface area (TPSA) is 72.2 Å². The Morgan fingerprint density at radius 1 is 0.778 bits per heavy atom. The predicted molar refractivity (Wildman–Crippen MR) is 106 cm³/mol. The number of hydrogen-bond acceptors (Lipinski definition) is 7. The average Bonchev–Trinajstić information content (AvgIpc) is 2.75. The normalized spacial score (nSPS) is 17.7. The van der Waals surface area contributed by atoms with Crippen molar-refractivity contribution in [2.75, 3.05) is 54.0 Å². The van der Waals surface area contributed by atoms with Crippen LogP contribution < -0.4 is 14.7 Å². The van der Waals surface area contributed by atoms with Crippen LogP contribution in [0, 0.1) is 18.3 Å². The summed E-state index contributed by atoms with van der Waals surface area (Å²) >= 11 is 0. The summed E-state index contributed by atoms with van der Waals surface area (Å²) in [4.78, 5) is 11.4. The molecule has 2 aromatic rings. The summed E-state index contributed by atoms with van der Waals surface area (Å²) in [5.41, 5.74) is 1.57. The molecule has 2 aliphatic rings. The van der Waals surface area contributed by atoms with Gasteiger partial charge >= 0.3 is 0 Å². The second-order valence-electron chi connectivity index (χ2n) is 7.21. The van der Waals surface area contributed by atoms with Crippen LogP contribution in [0.5, 0.6) is 0 Å². The minimum absolute atomic E-state index is 0.639. The zero-order valence-electron chi connectivity index (χ0n) is 15.8. The maximum atomic E-state index is 9.35. The molecule has 7 nitrogen and oxygen atoms in total. The van der Waals surface area contributed by atoms with Crippen molar-refractivity contribution in [2.45, 2.75) is 26.2 Å². The molecule has 0 N–H and O–H groups in total. The maximum Gasteiger partial charge on any atom is 0.151 e. The van der Waals surface area contributed by atoms with Gasteiger partial charge in [-0.1, -0.05) is 0 Å². The van der Waals surface area contributed by atoms with E-state index in [4.69, 9.17) is 0 Å². The van der Waals surface area contributed by atoms with Crippen LogP contribution in [0.4, 0.5) is 17.5 Å². The first-order valence-electron chi connectivity index (χ1n) is 9.71. The largest absolute Gasteiger partial charge is 0.355 e. The van der Waals surface area contributed by atoms with Crippen LogP contribution in [-0.2, 0) is 0 Å². The van der Waals surface area contributed by atoms with Crippen LogP contribution in [-0.4, -0.2) is 54.4 Å². The summed E-state index contributed by atoms with van der Waals surface area (Å²) in [6, 6.07) is 10.2. The summed E-state index contributed by atoms with van der Waals surface area (Å²) < 4.78 is 0. The van der Waals surface area contributed by atoms with Crippen LogP contribution in [0.2, 0.25) is 0 Å². The van der Waals surface area contributed by atoms with Crippen molar-refractivity contribution in [2.24, 2.45) is 0 Å². The smallest absolute Gasteiger partial charge is 0.151 e. The third kappa shape index (κ3) is 3.80. The molecule has 2 saturated heterocycles. The molecule has 0 saturated carbocycles. The standard InChI is InChI=1S/C20H25N7/c1-16-5-6-17(15-21)20(22-16)27-13-11-26(12-14-27)19-8-7-18(23-24-19)25-9-3-2-4-10-25/h5-8H,2-4,9-14H2,1H3. The van der Waals surface area contributed by atoms with Gasteiger partial charge in [0.15, 0.2) is 11.6 Å². The number of anilines is 3. The summed E-state index contributed by atoms with van der Waals surface area (Å²) in [5, 5.41) is 18.3. The lowest BCUT2D eigenvalue weighted by Crippen LogP contribution is -2.47. The number of aromatic nitrogens is 3. The number of hydrogen-bond donors (Lipinski definition) is 0. The first-order chi connectivity index (χ1) is 13.2. The van der Waals surface area contributed by atoms with Crippen LogP contribution >= 0.6 is 0 Å². The molecule has 4 rings (SSSR count). The lowest BCUT2D eigenvalue weighted by Gasteiger charge is -2.36. The van der Waals surface area contributed by atoms with E-state index in [2.05, 4.69) is 48.1 Å². The zero-order chi connectivity index (χ0) is 18.6. The fraction of sp³-hybridized carbons (Fsp3) is 0.500. The van der Waals surface area contributed by atoms with E-state index in [0.717, 1.165) is 62.4 Å². The van der Waals surface area contributed by atoms with E-state index in [1.807, 2.05) is 19.1 Å². The quantitative estimate of drug-likeness (QED) is 0.829. The van der Waals surface area contributed by atoms with Crippen molar-refractivity contribution in [3.63, 3.8) is 0 Å². The summed E-state index contributed by atoms with van der Waals surface area (Å²) in [7, 11) is 0. The molecule has 0 radical (unpaired) electrons. The molecular weight excluding hydrogens is 338 g/mol. The van der Waals surface area contributed by atoms with Crippen LogP contribution in [0.3, 0.4) is 0 Å². The van der Waals surface area contributed by atoms with Gasteiger partial charge in [-0.15, -0.1) is 10.2 Å². The van der Waals surface area contributed by atoms with Gasteiger partial charge in [-0.3, -0.25) is 0 Å². The summed E-state index contributed by atoms with van der Waals surface area (Å²) in [5.74, 6) is 2.71. The molecule has 0 atom stereocenters. The number of aryl methyl sites for hydroxylation is 1. The van der Waals surface area contributed by atoms with Gasteiger partial charge in [0.25, 0.3) is 0 Å². The van der Waals surface area contributed by atoms with Crippen molar-refractivity contribution in [3.05, 3.63) is 35.5 Å². The van der Waals surface area contributed by atoms with E-state index in [1.54, 1.807) is 0 Å². The lowest BCUT2D eigenvalue weighted by molar-refractivity contribution is 0.570. The number of rotatable bonds is 3. The van der Waals surface area contributed by atoms with Gasteiger partial charge in [-0.25, -0.2) is 4.98 Å². The van der Waals surface area contributed by atoms with Gasteiger partial charge in [-0.2, -0.15) is 5.26 Å². The second-order valence-corrected chi connectivity index (χ2v) is 7.21. The molecule has 2 aliphatic heterocycles. The number of nitrogens with zero attached hydrogens (tertiary/aromatic N) is 7. The molecule has 0 aliphatic carbocycles. The molecule has 0 unspecified atom stereocenters. The highest BCUT2D eigenvalue weighted by Gasteiger charge is 2.22. The number of nitriles is 1. The van der Waals surface area contributed by atoms with E-state index in [0.29, 0.717) is 5.56 Å². The molecule has 0 bridgehead atoms. The van der Waals surface area contributed by atoms with Crippen molar-refractivity contribution < 1.29 is 0 Å². The summed E-state index contributed by atoms with van der Waals surface area (Å²) in [6.45, 7) is 7.45. The van der Waals surface area contributed by atoms with Gasteiger partial charge < -0.3 is 14.7 Å². The minimum Gasteiger partial charge on any atom is -0.355 e. The van der Waals surface area contributed by atoms with Gasteiger partial charge in [0.2, 0.25) is 0 Å². The molecule has 140 valence electrons. The van der Waals surface area contributed by atoms with Crippen LogP contribution in [0.15, 0.2) is 24.3 Å². The highest BCUT2D eigenvalue weighted by atomic mass is 15.3. The average molecular weight is 363 g/mol. The number of pyridine rings is 1. The third-order valence-corrected chi connectivity index (χ3v) is 5.35. The van der Waals surface area contributed by atoms with Gasteiger partial charge in [-0.05, 0) is 50.5 Å². The Bertz CT molecular complexity index is 813. The maximum absolute atomic E-state index is 9.35.